The van der Waals surface area contributed by atoms with Crippen LogP contribution in [0.5, 0.6) is 0 Å². The first-order valence-electron chi connectivity index (χ1n) is 5.13. The molecule has 6 heteroatoms. The van der Waals surface area contributed by atoms with Crippen LogP contribution in [0.15, 0.2) is 22.9 Å². The van der Waals surface area contributed by atoms with E-state index in [1.807, 2.05) is 0 Å². The van der Waals surface area contributed by atoms with Crippen LogP contribution in [-0.4, -0.2) is 28.0 Å². The molecule has 1 aromatic rings. The minimum Gasteiger partial charge on any atom is -0.481 e. The molecule has 0 bridgehead atoms. The summed E-state index contributed by atoms with van der Waals surface area (Å²) in [4.78, 5) is 26.0. The number of carbonyl (C=O) groups excluding carboxylic acids is 1. The van der Waals surface area contributed by atoms with Crippen molar-refractivity contribution in [2.75, 3.05) is 0 Å². The number of nitrogens with zero attached hydrogens (tertiary/aromatic N) is 1. The Balaban J connectivity index is 2.51. The SMILES string of the molecule is CC(CCC(=O)O)NC(=O)c1ccnc(Br)c1. The largest absolute Gasteiger partial charge is 0.481 e. The van der Waals surface area contributed by atoms with Crippen molar-refractivity contribution in [1.29, 1.82) is 0 Å². The predicted molar refractivity (Wildman–Crippen MR) is 65.7 cm³/mol. The molecule has 17 heavy (non-hydrogen) atoms. The minimum atomic E-state index is -0.863. The molecule has 1 aromatic heterocycles. The number of hydrogen-bond donors (Lipinski definition) is 2. The number of amides is 1. The maximum absolute atomic E-state index is 11.7. The number of carbonyl (C=O) groups is 2. The second-order valence-electron chi connectivity index (χ2n) is 3.67. The van der Waals surface area contributed by atoms with Crippen LogP contribution < -0.4 is 5.32 Å². The average Bonchev–Trinajstić information content (AvgIpc) is 2.26. The third-order valence-electron chi connectivity index (χ3n) is 2.16. The fourth-order valence-corrected chi connectivity index (χ4v) is 1.63. The highest BCUT2D eigenvalue weighted by Gasteiger charge is 2.11. The number of rotatable bonds is 5. The molecular weight excluding hydrogens is 288 g/mol. The Hall–Kier alpha value is -1.43. The van der Waals surface area contributed by atoms with Crippen LogP contribution in [0.3, 0.4) is 0 Å². The number of hydrogen-bond acceptors (Lipinski definition) is 3. The zero-order valence-electron chi connectivity index (χ0n) is 9.31. The van der Waals surface area contributed by atoms with E-state index in [1.165, 1.54) is 6.20 Å². The fraction of sp³-hybridized carbons (Fsp3) is 0.364. The van der Waals surface area contributed by atoms with Crippen molar-refractivity contribution >= 4 is 27.8 Å². The van der Waals surface area contributed by atoms with Crippen LogP contribution >= 0.6 is 15.9 Å². The second kappa shape index (κ2) is 6.34. The quantitative estimate of drug-likeness (QED) is 0.813. The van der Waals surface area contributed by atoms with Crippen LogP contribution in [0.2, 0.25) is 0 Å². The van der Waals surface area contributed by atoms with Crippen LogP contribution in [-0.2, 0) is 4.79 Å². The van der Waals surface area contributed by atoms with Gasteiger partial charge in [0.2, 0.25) is 0 Å². The summed E-state index contributed by atoms with van der Waals surface area (Å²) in [6.07, 6.45) is 1.98. The first-order chi connectivity index (χ1) is 7.99. The molecular formula is C11H13BrN2O3. The Morgan fingerprint density at radius 2 is 2.29 bits per heavy atom. The van der Waals surface area contributed by atoms with E-state index in [2.05, 4.69) is 26.2 Å². The number of aromatic nitrogens is 1. The van der Waals surface area contributed by atoms with Gasteiger partial charge in [0.15, 0.2) is 0 Å². The van der Waals surface area contributed by atoms with E-state index < -0.39 is 5.97 Å². The lowest BCUT2D eigenvalue weighted by Crippen LogP contribution is -2.32. The van der Waals surface area contributed by atoms with Crippen molar-refractivity contribution in [3.8, 4) is 0 Å². The summed E-state index contributed by atoms with van der Waals surface area (Å²) in [5.41, 5.74) is 0.494. The molecule has 0 saturated carbocycles. The third-order valence-corrected chi connectivity index (χ3v) is 2.59. The monoisotopic (exact) mass is 300 g/mol. The van der Waals surface area contributed by atoms with Gasteiger partial charge in [-0.05, 0) is 41.4 Å². The molecule has 1 atom stereocenters. The van der Waals surface area contributed by atoms with Crippen LogP contribution in [0.1, 0.15) is 30.1 Å². The summed E-state index contributed by atoms with van der Waals surface area (Å²) in [6.45, 7) is 1.77. The number of carboxylic acids is 1. The van der Waals surface area contributed by atoms with E-state index >= 15 is 0 Å². The van der Waals surface area contributed by atoms with Crippen LogP contribution in [0, 0.1) is 0 Å². The Labute approximate surface area is 107 Å². The Kier molecular flexibility index (Phi) is 5.09. The predicted octanol–water partition coefficient (Wildman–Crippen LogP) is 1.83. The highest BCUT2D eigenvalue weighted by Crippen LogP contribution is 2.08. The van der Waals surface area contributed by atoms with Gasteiger partial charge >= 0.3 is 5.97 Å². The number of pyridine rings is 1. The Morgan fingerprint density at radius 1 is 1.59 bits per heavy atom. The molecule has 0 aromatic carbocycles. The average molecular weight is 301 g/mol. The lowest BCUT2D eigenvalue weighted by Gasteiger charge is -2.12. The topological polar surface area (TPSA) is 79.3 Å². The van der Waals surface area contributed by atoms with Crippen molar-refractivity contribution in [3.05, 3.63) is 28.5 Å². The van der Waals surface area contributed by atoms with E-state index in [-0.39, 0.29) is 18.4 Å². The summed E-state index contributed by atoms with van der Waals surface area (Å²) in [6, 6.07) is 3.04. The van der Waals surface area contributed by atoms with Gasteiger partial charge in [-0.1, -0.05) is 0 Å². The Bertz CT molecular complexity index is 423. The number of nitrogens with one attached hydrogen (secondary N) is 1. The lowest BCUT2D eigenvalue weighted by molar-refractivity contribution is -0.137. The summed E-state index contributed by atoms with van der Waals surface area (Å²) >= 11 is 3.18. The fourth-order valence-electron chi connectivity index (χ4n) is 1.26. The van der Waals surface area contributed by atoms with Gasteiger partial charge in [-0.15, -0.1) is 0 Å². The van der Waals surface area contributed by atoms with E-state index in [1.54, 1.807) is 19.1 Å². The summed E-state index contributed by atoms with van der Waals surface area (Å²) in [7, 11) is 0. The highest BCUT2D eigenvalue weighted by atomic mass is 79.9. The van der Waals surface area contributed by atoms with Gasteiger partial charge in [0, 0.05) is 24.2 Å². The first-order valence-corrected chi connectivity index (χ1v) is 5.92. The van der Waals surface area contributed by atoms with Crippen molar-refractivity contribution in [3.63, 3.8) is 0 Å². The Morgan fingerprint density at radius 3 is 2.88 bits per heavy atom. The molecule has 0 aliphatic carbocycles. The summed E-state index contributed by atoms with van der Waals surface area (Å²) < 4.78 is 0.586. The van der Waals surface area contributed by atoms with Crippen molar-refractivity contribution in [2.24, 2.45) is 0 Å². The molecule has 2 N–H and O–H groups in total. The van der Waals surface area contributed by atoms with Gasteiger partial charge in [0.25, 0.3) is 5.91 Å². The molecule has 1 heterocycles. The minimum absolute atomic E-state index is 0.0431. The van der Waals surface area contributed by atoms with Gasteiger partial charge in [-0.2, -0.15) is 0 Å². The van der Waals surface area contributed by atoms with E-state index in [0.29, 0.717) is 16.6 Å². The molecule has 0 spiro atoms. The maximum atomic E-state index is 11.7. The van der Waals surface area contributed by atoms with Gasteiger partial charge in [-0.3, -0.25) is 9.59 Å². The zero-order chi connectivity index (χ0) is 12.8. The molecule has 0 radical (unpaired) electrons. The summed E-state index contributed by atoms with van der Waals surface area (Å²) in [5, 5.41) is 11.3. The molecule has 0 aliphatic heterocycles. The van der Waals surface area contributed by atoms with Gasteiger partial charge in [0.1, 0.15) is 4.60 Å². The summed E-state index contributed by atoms with van der Waals surface area (Å²) in [5.74, 6) is -1.09. The molecule has 0 saturated heterocycles. The van der Waals surface area contributed by atoms with Crippen molar-refractivity contribution in [2.45, 2.75) is 25.8 Å². The first kappa shape index (κ1) is 13.6. The van der Waals surface area contributed by atoms with Gasteiger partial charge in [0.05, 0.1) is 0 Å². The number of halogens is 1. The molecule has 92 valence electrons. The number of aliphatic carboxylic acids is 1. The molecule has 5 nitrogen and oxygen atoms in total. The molecule has 0 fully saturated rings. The normalized spacial score (nSPS) is 11.9. The standard InChI is InChI=1S/C11H13BrN2O3/c1-7(2-3-10(15)16)14-11(17)8-4-5-13-9(12)6-8/h4-7H,2-3H2,1H3,(H,14,17)(H,15,16). The highest BCUT2D eigenvalue weighted by molar-refractivity contribution is 9.10. The van der Waals surface area contributed by atoms with Crippen LogP contribution in [0.25, 0.3) is 0 Å². The van der Waals surface area contributed by atoms with Crippen molar-refractivity contribution < 1.29 is 14.7 Å². The number of carboxylic acid groups (broad SMARTS) is 1. The molecule has 1 amide bonds. The van der Waals surface area contributed by atoms with E-state index in [4.69, 9.17) is 5.11 Å². The lowest BCUT2D eigenvalue weighted by atomic mass is 10.1. The van der Waals surface area contributed by atoms with Crippen molar-refractivity contribution in [1.82, 2.24) is 10.3 Å². The van der Waals surface area contributed by atoms with E-state index in [0.717, 1.165) is 0 Å². The second-order valence-corrected chi connectivity index (χ2v) is 4.49. The molecule has 0 aliphatic rings. The molecule has 1 rings (SSSR count). The van der Waals surface area contributed by atoms with Gasteiger partial charge < -0.3 is 10.4 Å². The smallest absolute Gasteiger partial charge is 0.303 e. The third kappa shape index (κ3) is 4.95. The van der Waals surface area contributed by atoms with E-state index in [9.17, 15) is 9.59 Å². The van der Waals surface area contributed by atoms with Crippen LogP contribution in [0.4, 0.5) is 0 Å². The maximum Gasteiger partial charge on any atom is 0.303 e. The molecule has 1 unspecified atom stereocenters. The van der Waals surface area contributed by atoms with Gasteiger partial charge in [-0.25, -0.2) is 4.98 Å². The zero-order valence-corrected chi connectivity index (χ0v) is 10.9.